The van der Waals surface area contributed by atoms with Gasteiger partial charge in [-0.1, -0.05) is 39.0 Å². The molecule has 0 aromatic rings. The van der Waals surface area contributed by atoms with E-state index in [9.17, 15) is 17.6 Å². The molecule has 1 nitrogen and oxygen atoms in total. The monoisotopic (exact) mass is 244 g/mol. The number of unbranched alkanes of at least 4 members (excludes halogenated alkanes) is 5. The van der Waals surface area contributed by atoms with Crippen molar-refractivity contribution in [2.24, 2.45) is 0 Å². The van der Waals surface area contributed by atoms with Gasteiger partial charge in [-0.15, -0.1) is 0 Å². The Bertz CT molecular complexity index is 183. The third-order valence-electron chi connectivity index (χ3n) is 2.58. The van der Waals surface area contributed by atoms with E-state index >= 15 is 0 Å². The molecule has 0 atom stereocenters. The van der Waals surface area contributed by atoms with Crippen LogP contribution in [0.3, 0.4) is 0 Å². The maximum Gasteiger partial charge on any atom is 0.332 e. The van der Waals surface area contributed by atoms with E-state index in [1.165, 1.54) is 0 Å². The molecule has 0 aliphatic rings. The van der Waals surface area contributed by atoms with Crippen LogP contribution in [0.15, 0.2) is 0 Å². The Labute approximate surface area is 93.8 Å². The lowest BCUT2D eigenvalue weighted by Gasteiger charge is -2.24. The molecule has 16 heavy (non-hydrogen) atoms. The highest BCUT2D eigenvalue weighted by Gasteiger charge is 2.54. The first kappa shape index (κ1) is 15.7. The first-order chi connectivity index (χ1) is 7.37. The molecule has 0 aliphatic carbocycles. The Balaban J connectivity index is 3.74. The predicted octanol–water partition coefficient (Wildman–Crippen LogP) is 4.00. The Kier molecular flexibility index (Phi) is 6.95. The highest BCUT2D eigenvalue weighted by molar-refractivity contribution is 4.83. The minimum atomic E-state index is -4.30. The van der Waals surface area contributed by atoms with Crippen LogP contribution in [0.4, 0.5) is 17.6 Å². The molecule has 1 N–H and O–H groups in total. The molecule has 0 fully saturated rings. The average Bonchev–Trinajstić information content (AvgIpc) is 2.23. The molecule has 98 valence electrons. The van der Waals surface area contributed by atoms with Gasteiger partial charge in [-0.2, -0.15) is 17.6 Å². The summed E-state index contributed by atoms with van der Waals surface area (Å²) in [6.45, 7) is 0.242. The van der Waals surface area contributed by atoms with Gasteiger partial charge in [0, 0.05) is 6.42 Å². The Morgan fingerprint density at radius 3 is 1.81 bits per heavy atom. The van der Waals surface area contributed by atoms with Crippen LogP contribution in [0.25, 0.3) is 0 Å². The SMILES string of the molecule is CCCCCCCCC(F)(F)C(F)(F)CO. The molecule has 0 radical (unpaired) electrons. The number of hydrogen-bond acceptors (Lipinski definition) is 1. The topological polar surface area (TPSA) is 20.2 Å². The maximum absolute atomic E-state index is 12.9. The number of aliphatic hydroxyl groups is 1. The second-order valence-electron chi connectivity index (χ2n) is 4.08. The molecule has 0 unspecified atom stereocenters. The lowest BCUT2D eigenvalue weighted by atomic mass is 10.0. The maximum atomic E-state index is 12.9. The van der Waals surface area contributed by atoms with Crippen molar-refractivity contribution in [1.29, 1.82) is 0 Å². The number of alkyl halides is 4. The van der Waals surface area contributed by atoms with Crippen LogP contribution in [0.2, 0.25) is 0 Å². The summed E-state index contributed by atoms with van der Waals surface area (Å²) in [5, 5.41) is 8.17. The number of hydrogen-bond donors (Lipinski definition) is 1. The van der Waals surface area contributed by atoms with Crippen LogP contribution in [0, 0.1) is 0 Å². The van der Waals surface area contributed by atoms with E-state index in [0.717, 1.165) is 25.7 Å². The van der Waals surface area contributed by atoms with E-state index < -0.39 is 24.9 Å². The molecule has 0 aromatic carbocycles. The van der Waals surface area contributed by atoms with Crippen LogP contribution in [-0.4, -0.2) is 23.6 Å². The van der Waals surface area contributed by atoms with Gasteiger partial charge in [-0.05, 0) is 6.42 Å². The Morgan fingerprint density at radius 2 is 1.31 bits per heavy atom. The van der Waals surface area contributed by atoms with Crippen molar-refractivity contribution >= 4 is 0 Å². The summed E-state index contributed by atoms with van der Waals surface area (Å²) in [7, 11) is 0. The van der Waals surface area contributed by atoms with Crippen LogP contribution in [0.1, 0.15) is 51.9 Å². The number of aliphatic hydroxyl groups excluding tert-OH is 1. The summed E-state index contributed by atoms with van der Waals surface area (Å²) in [5.41, 5.74) is 0. The lowest BCUT2D eigenvalue weighted by molar-refractivity contribution is -0.228. The molecule has 0 aromatic heterocycles. The van der Waals surface area contributed by atoms with Gasteiger partial charge in [-0.25, -0.2) is 0 Å². The second-order valence-corrected chi connectivity index (χ2v) is 4.08. The quantitative estimate of drug-likeness (QED) is 0.480. The van der Waals surface area contributed by atoms with Crippen LogP contribution in [-0.2, 0) is 0 Å². The first-order valence-corrected chi connectivity index (χ1v) is 5.74. The van der Waals surface area contributed by atoms with Gasteiger partial charge in [-0.3, -0.25) is 0 Å². The standard InChI is InChI=1S/C11H20F4O/c1-2-3-4-5-6-7-8-10(12,13)11(14,15)9-16/h16H,2-9H2,1H3. The minimum absolute atomic E-state index is 0.0757. The fraction of sp³-hybridized carbons (Fsp3) is 1.00. The smallest absolute Gasteiger partial charge is 0.332 e. The Morgan fingerprint density at radius 1 is 0.812 bits per heavy atom. The zero-order valence-corrected chi connectivity index (χ0v) is 9.62. The largest absolute Gasteiger partial charge is 0.390 e. The van der Waals surface area contributed by atoms with Crippen molar-refractivity contribution in [1.82, 2.24) is 0 Å². The number of rotatable bonds is 9. The van der Waals surface area contributed by atoms with E-state index in [-0.39, 0.29) is 6.42 Å². The van der Waals surface area contributed by atoms with Crippen molar-refractivity contribution in [2.75, 3.05) is 6.61 Å². The third kappa shape index (κ3) is 5.14. The van der Waals surface area contributed by atoms with Crippen molar-refractivity contribution < 1.29 is 22.7 Å². The molecule has 0 heterocycles. The normalized spacial score (nSPS) is 13.1. The fourth-order valence-electron chi connectivity index (χ4n) is 1.43. The van der Waals surface area contributed by atoms with Crippen molar-refractivity contribution in [2.45, 2.75) is 63.7 Å². The van der Waals surface area contributed by atoms with E-state index in [1.807, 2.05) is 6.92 Å². The zero-order chi connectivity index (χ0) is 12.7. The molecule has 0 saturated heterocycles. The van der Waals surface area contributed by atoms with Gasteiger partial charge < -0.3 is 5.11 Å². The van der Waals surface area contributed by atoms with E-state index in [1.54, 1.807) is 0 Å². The molecular weight excluding hydrogens is 224 g/mol. The van der Waals surface area contributed by atoms with Gasteiger partial charge >= 0.3 is 11.8 Å². The summed E-state index contributed by atoms with van der Waals surface area (Å²) in [6.07, 6.45) is 3.62. The molecule has 0 aliphatic heterocycles. The summed E-state index contributed by atoms with van der Waals surface area (Å²) in [6, 6.07) is 0. The van der Waals surface area contributed by atoms with Crippen LogP contribution in [0.5, 0.6) is 0 Å². The summed E-state index contributed by atoms with van der Waals surface area (Å²) < 4.78 is 50.9. The zero-order valence-electron chi connectivity index (χ0n) is 9.62. The average molecular weight is 244 g/mol. The van der Waals surface area contributed by atoms with Gasteiger partial charge in [0.2, 0.25) is 0 Å². The van der Waals surface area contributed by atoms with Crippen LogP contribution < -0.4 is 0 Å². The molecule has 0 amide bonds. The van der Waals surface area contributed by atoms with E-state index in [0.29, 0.717) is 6.42 Å². The molecule has 0 spiro atoms. The minimum Gasteiger partial charge on any atom is -0.390 e. The lowest BCUT2D eigenvalue weighted by Crippen LogP contribution is -2.43. The van der Waals surface area contributed by atoms with E-state index in [2.05, 4.69) is 0 Å². The highest BCUT2D eigenvalue weighted by atomic mass is 19.3. The summed E-state index contributed by atoms with van der Waals surface area (Å²) in [4.78, 5) is 0. The first-order valence-electron chi connectivity index (χ1n) is 5.74. The van der Waals surface area contributed by atoms with Gasteiger partial charge in [0.25, 0.3) is 0 Å². The second kappa shape index (κ2) is 7.09. The molecule has 0 bridgehead atoms. The fourth-order valence-corrected chi connectivity index (χ4v) is 1.43. The number of halogens is 4. The predicted molar refractivity (Wildman–Crippen MR) is 55.0 cm³/mol. The van der Waals surface area contributed by atoms with Gasteiger partial charge in [0.15, 0.2) is 0 Å². The van der Waals surface area contributed by atoms with Gasteiger partial charge in [0.05, 0.1) is 0 Å². The van der Waals surface area contributed by atoms with E-state index in [4.69, 9.17) is 5.11 Å². The molecular formula is C11H20F4O. The highest BCUT2D eigenvalue weighted by Crippen LogP contribution is 2.37. The molecule has 0 saturated carbocycles. The Hall–Kier alpha value is -0.320. The van der Waals surface area contributed by atoms with Crippen LogP contribution >= 0.6 is 0 Å². The van der Waals surface area contributed by atoms with Gasteiger partial charge in [0.1, 0.15) is 6.61 Å². The van der Waals surface area contributed by atoms with Crippen molar-refractivity contribution in [3.8, 4) is 0 Å². The molecule has 0 rings (SSSR count). The van der Waals surface area contributed by atoms with Crippen molar-refractivity contribution in [3.63, 3.8) is 0 Å². The third-order valence-corrected chi connectivity index (χ3v) is 2.58. The molecule has 5 heteroatoms. The summed E-state index contributed by atoms with van der Waals surface area (Å²) in [5.74, 6) is -8.39. The van der Waals surface area contributed by atoms with Crippen molar-refractivity contribution in [3.05, 3.63) is 0 Å². The summed E-state index contributed by atoms with van der Waals surface area (Å²) >= 11 is 0.